The van der Waals surface area contributed by atoms with Crippen LogP contribution in [0.4, 0.5) is 4.79 Å². The predicted octanol–water partition coefficient (Wildman–Crippen LogP) is 3.28. The molecule has 0 unspecified atom stereocenters. The van der Waals surface area contributed by atoms with Crippen LogP contribution < -0.4 is 5.32 Å². The van der Waals surface area contributed by atoms with Crippen LogP contribution in [0.5, 0.6) is 0 Å². The summed E-state index contributed by atoms with van der Waals surface area (Å²) in [6.45, 7) is 16.8. The molecule has 0 saturated heterocycles. The maximum Gasteiger partial charge on any atom is 0.407 e. The Morgan fingerprint density at radius 3 is 2.10 bits per heavy atom. The standard InChI is InChI=1S/C15H33NO4Si/c1-14(2,3)16-13(18)20-12(11-17)9-10-19-21(7,8)15(4,5)6/h12,17H,9-11H2,1-8H3,(H,16,18)/t12-/m0/s1. The highest BCUT2D eigenvalue weighted by Gasteiger charge is 2.37. The highest BCUT2D eigenvalue weighted by molar-refractivity contribution is 6.74. The maximum atomic E-state index is 11.7. The number of carbonyl (C=O) groups excluding carboxylic acids is 1. The lowest BCUT2D eigenvalue weighted by molar-refractivity contribution is 0.0402. The molecule has 0 aromatic heterocycles. The van der Waals surface area contributed by atoms with E-state index >= 15 is 0 Å². The van der Waals surface area contributed by atoms with E-state index in [9.17, 15) is 9.90 Å². The molecule has 0 aliphatic heterocycles. The highest BCUT2D eigenvalue weighted by atomic mass is 28.4. The molecule has 0 aliphatic rings. The average molecular weight is 320 g/mol. The summed E-state index contributed by atoms with van der Waals surface area (Å²) in [5.41, 5.74) is -0.352. The quantitative estimate of drug-likeness (QED) is 0.737. The van der Waals surface area contributed by atoms with Gasteiger partial charge >= 0.3 is 6.09 Å². The van der Waals surface area contributed by atoms with Gasteiger partial charge in [-0.1, -0.05) is 20.8 Å². The first-order valence-electron chi connectivity index (χ1n) is 7.52. The van der Waals surface area contributed by atoms with Crippen molar-refractivity contribution in [2.24, 2.45) is 0 Å². The number of rotatable bonds is 6. The van der Waals surface area contributed by atoms with Gasteiger partial charge in [0.25, 0.3) is 0 Å². The summed E-state index contributed by atoms with van der Waals surface area (Å²) in [6, 6.07) is 0. The minimum atomic E-state index is -1.80. The van der Waals surface area contributed by atoms with E-state index in [1.807, 2.05) is 20.8 Å². The molecule has 0 aromatic carbocycles. The number of amides is 1. The molecule has 2 N–H and O–H groups in total. The van der Waals surface area contributed by atoms with Gasteiger partial charge in [-0.05, 0) is 38.9 Å². The van der Waals surface area contributed by atoms with Crippen LogP contribution in [0.25, 0.3) is 0 Å². The Kier molecular flexibility index (Phi) is 7.39. The summed E-state index contributed by atoms with van der Waals surface area (Å²) in [4.78, 5) is 11.7. The molecular weight excluding hydrogens is 286 g/mol. The number of ether oxygens (including phenoxy) is 1. The lowest BCUT2D eigenvalue weighted by atomic mass is 10.1. The predicted molar refractivity (Wildman–Crippen MR) is 88.0 cm³/mol. The van der Waals surface area contributed by atoms with Crippen LogP contribution in [0, 0.1) is 0 Å². The van der Waals surface area contributed by atoms with Crippen molar-refractivity contribution in [1.29, 1.82) is 0 Å². The van der Waals surface area contributed by atoms with Gasteiger partial charge in [0.1, 0.15) is 6.10 Å². The number of alkyl carbamates (subject to hydrolysis) is 1. The molecule has 21 heavy (non-hydrogen) atoms. The Labute approximate surface area is 130 Å². The van der Waals surface area contributed by atoms with Crippen molar-refractivity contribution in [1.82, 2.24) is 5.32 Å². The van der Waals surface area contributed by atoms with E-state index < -0.39 is 20.5 Å². The number of hydrogen-bond acceptors (Lipinski definition) is 4. The molecule has 0 spiro atoms. The van der Waals surface area contributed by atoms with Gasteiger partial charge in [0.15, 0.2) is 8.32 Å². The van der Waals surface area contributed by atoms with Crippen molar-refractivity contribution >= 4 is 14.4 Å². The first-order chi connectivity index (χ1) is 9.28. The molecule has 6 heteroatoms. The number of carbonyl (C=O) groups is 1. The van der Waals surface area contributed by atoms with E-state index in [4.69, 9.17) is 9.16 Å². The zero-order valence-electron chi connectivity index (χ0n) is 14.9. The monoisotopic (exact) mass is 319 g/mol. The largest absolute Gasteiger partial charge is 0.444 e. The van der Waals surface area contributed by atoms with Crippen LogP contribution in [-0.4, -0.2) is 44.4 Å². The van der Waals surface area contributed by atoms with Crippen LogP contribution >= 0.6 is 0 Å². The summed E-state index contributed by atoms with van der Waals surface area (Å²) in [5.74, 6) is 0. The van der Waals surface area contributed by atoms with Crippen molar-refractivity contribution in [3.8, 4) is 0 Å². The molecule has 126 valence electrons. The molecule has 0 rings (SSSR count). The highest BCUT2D eigenvalue weighted by Crippen LogP contribution is 2.36. The minimum Gasteiger partial charge on any atom is -0.444 e. The van der Waals surface area contributed by atoms with Gasteiger partial charge in [-0.2, -0.15) is 0 Å². The Hall–Kier alpha value is -0.593. The molecule has 0 saturated carbocycles. The third-order valence-electron chi connectivity index (χ3n) is 3.66. The molecule has 0 bridgehead atoms. The van der Waals surface area contributed by atoms with Crippen LogP contribution in [0.1, 0.15) is 48.0 Å². The summed E-state index contributed by atoms with van der Waals surface area (Å²) in [7, 11) is -1.80. The SMILES string of the molecule is CC(C)(C)NC(=O)O[C@H](CO)CCO[Si](C)(C)C(C)(C)C. The van der Waals surface area contributed by atoms with E-state index in [1.165, 1.54) is 0 Å². The Morgan fingerprint density at radius 1 is 1.19 bits per heavy atom. The molecule has 1 amide bonds. The van der Waals surface area contributed by atoms with Gasteiger partial charge in [0.05, 0.1) is 6.61 Å². The van der Waals surface area contributed by atoms with E-state index in [2.05, 4.69) is 39.2 Å². The van der Waals surface area contributed by atoms with Gasteiger partial charge in [-0.3, -0.25) is 0 Å². The number of aliphatic hydroxyl groups is 1. The summed E-state index contributed by atoms with van der Waals surface area (Å²) >= 11 is 0. The molecule has 0 fully saturated rings. The first kappa shape index (κ1) is 20.4. The lowest BCUT2D eigenvalue weighted by Gasteiger charge is -2.36. The second-order valence-corrected chi connectivity index (χ2v) is 12.8. The lowest BCUT2D eigenvalue weighted by Crippen LogP contribution is -2.44. The van der Waals surface area contributed by atoms with Crippen molar-refractivity contribution in [2.75, 3.05) is 13.2 Å². The zero-order valence-corrected chi connectivity index (χ0v) is 15.9. The molecule has 1 atom stereocenters. The molecule has 0 heterocycles. The first-order valence-corrected chi connectivity index (χ1v) is 10.4. The van der Waals surface area contributed by atoms with Crippen molar-refractivity contribution in [3.05, 3.63) is 0 Å². The molecule has 5 nitrogen and oxygen atoms in total. The Balaban J connectivity index is 4.26. The number of hydrogen-bond donors (Lipinski definition) is 2. The van der Waals surface area contributed by atoms with Crippen LogP contribution in [0.2, 0.25) is 18.1 Å². The third-order valence-corrected chi connectivity index (χ3v) is 8.20. The fourth-order valence-electron chi connectivity index (χ4n) is 1.34. The van der Waals surface area contributed by atoms with E-state index in [-0.39, 0.29) is 17.2 Å². The fraction of sp³-hybridized carbons (Fsp3) is 0.933. The van der Waals surface area contributed by atoms with Gasteiger partial charge in [0, 0.05) is 18.6 Å². The molecule has 0 aromatic rings. The van der Waals surface area contributed by atoms with Gasteiger partial charge in [-0.25, -0.2) is 4.79 Å². The van der Waals surface area contributed by atoms with E-state index in [0.29, 0.717) is 13.0 Å². The van der Waals surface area contributed by atoms with E-state index in [1.54, 1.807) is 0 Å². The van der Waals surface area contributed by atoms with Crippen molar-refractivity contribution in [3.63, 3.8) is 0 Å². The number of aliphatic hydroxyl groups excluding tert-OH is 1. The van der Waals surface area contributed by atoms with Crippen molar-refractivity contribution < 1.29 is 19.1 Å². The zero-order chi connectivity index (χ0) is 16.9. The smallest absolute Gasteiger partial charge is 0.407 e. The Morgan fingerprint density at radius 2 is 1.71 bits per heavy atom. The third kappa shape index (κ3) is 8.43. The summed E-state index contributed by atoms with van der Waals surface area (Å²) < 4.78 is 11.2. The normalized spacial score (nSPS) is 14.7. The van der Waals surface area contributed by atoms with Crippen LogP contribution in [0.3, 0.4) is 0 Å². The van der Waals surface area contributed by atoms with Gasteiger partial charge < -0.3 is 19.6 Å². The van der Waals surface area contributed by atoms with E-state index in [0.717, 1.165) is 0 Å². The molecule has 0 radical (unpaired) electrons. The fourth-order valence-corrected chi connectivity index (χ4v) is 2.40. The van der Waals surface area contributed by atoms with Crippen molar-refractivity contribution in [2.45, 2.75) is 77.7 Å². The van der Waals surface area contributed by atoms with Crippen LogP contribution in [0.15, 0.2) is 0 Å². The topological polar surface area (TPSA) is 67.8 Å². The maximum absolute atomic E-state index is 11.7. The minimum absolute atomic E-state index is 0.145. The average Bonchev–Trinajstić information content (AvgIpc) is 2.23. The molecular formula is C15H33NO4Si. The second-order valence-electron chi connectivity index (χ2n) is 7.98. The van der Waals surface area contributed by atoms with Crippen LogP contribution in [-0.2, 0) is 9.16 Å². The van der Waals surface area contributed by atoms with Gasteiger partial charge in [-0.15, -0.1) is 0 Å². The number of nitrogens with one attached hydrogen (secondary N) is 1. The van der Waals surface area contributed by atoms with Gasteiger partial charge in [0.2, 0.25) is 0 Å². The second kappa shape index (κ2) is 7.60. The Bertz CT molecular complexity index is 332. The summed E-state index contributed by atoms with van der Waals surface area (Å²) in [5, 5.41) is 12.2. The summed E-state index contributed by atoms with van der Waals surface area (Å²) in [6.07, 6.45) is -0.536. The molecule has 0 aliphatic carbocycles.